The van der Waals surface area contributed by atoms with Crippen LogP contribution < -0.4 is 0 Å². The van der Waals surface area contributed by atoms with Crippen LogP contribution in [0.4, 0.5) is 0 Å². The minimum absolute atomic E-state index is 1.07. The summed E-state index contributed by atoms with van der Waals surface area (Å²) < 4.78 is 0. The van der Waals surface area contributed by atoms with Gasteiger partial charge in [0.25, 0.3) is 0 Å². The van der Waals surface area contributed by atoms with Gasteiger partial charge in [-0.25, -0.2) is 0 Å². The Bertz CT molecular complexity index is 863. The Hall–Kier alpha value is -2.08. The molecular formula is C33H50. The molecular weight excluding hydrogens is 396 g/mol. The van der Waals surface area contributed by atoms with Gasteiger partial charge in [-0.3, -0.25) is 0 Å². The maximum absolute atomic E-state index is 2.48. The van der Waals surface area contributed by atoms with Gasteiger partial charge in [-0.1, -0.05) is 88.9 Å². The summed E-state index contributed by atoms with van der Waals surface area (Å²) in [6.45, 7) is 18.0. The van der Waals surface area contributed by atoms with Crippen molar-refractivity contribution < 1.29 is 0 Å². The van der Waals surface area contributed by atoms with E-state index in [0.717, 1.165) is 19.3 Å². The lowest BCUT2D eigenvalue weighted by Gasteiger charge is -2.09. The summed E-state index contributed by atoms with van der Waals surface area (Å²) in [6, 6.07) is 8.74. The van der Waals surface area contributed by atoms with E-state index in [1.165, 1.54) is 77.5 Å². The lowest BCUT2D eigenvalue weighted by atomic mass is 9.96. The van der Waals surface area contributed by atoms with Crippen LogP contribution in [0.5, 0.6) is 0 Å². The summed E-state index contributed by atoms with van der Waals surface area (Å²) in [7, 11) is 0. The van der Waals surface area contributed by atoms with Gasteiger partial charge < -0.3 is 0 Å². The van der Waals surface area contributed by atoms with Gasteiger partial charge in [-0.05, 0) is 117 Å². The molecule has 0 aliphatic carbocycles. The molecule has 0 atom stereocenters. The molecule has 0 bridgehead atoms. The number of hydrogen-bond donors (Lipinski definition) is 0. The SMILES string of the molecule is CC/C(=C\CC/C(C)=C/CC/C(C)=C/C/C(C)=C(\C)Cc1ccccc1C)CCC=C(C)C. The third-order valence-corrected chi connectivity index (χ3v) is 6.68. The standard InChI is InChI=1S/C33H50/c1-9-32(20-12-15-26(2)3)21-14-18-27(4)16-13-17-28(5)23-24-29(6)31(8)25-33-22-11-10-19-30(33)7/h10-11,15-16,19,21-23H,9,12-14,17-18,20,24-25H2,1-8H3/b27-16+,28-23+,31-29+,32-21+. The molecule has 0 saturated carbocycles. The Morgan fingerprint density at radius 2 is 1.30 bits per heavy atom. The summed E-state index contributed by atoms with van der Waals surface area (Å²) in [5, 5.41) is 0. The van der Waals surface area contributed by atoms with E-state index in [4.69, 9.17) is 0 Å². The number of benzene rings is 1. The van der Waals surface area contributed by atoms with Crippen LogP contribution in [0, 0.1) is 6.92 Å². The highest BCUT2D eigenvalue weighted by atomic mass is 14.1. The molecule has 0 aliphatic rings. The average Bonchev–Trinajstić information content (AvgIpc) is 2.77. The van der Waals surface area contributed by atoms with Crippen molar-refractivity contribution in [2.75, 3.05) is 0 Å². The molecule has 0 N–H and O–H groups in total. The lowest BCUT2D eigenvalue weighted by molar-refractivity contribution is 0.865. The molecule has 1 aromatic rings. The van der Waals surface area contributed by atoms with Crippen LogP contribution in [0.25, 0.3) is 0 Å². The molecule has 0 fully saturated rings. The normalized spacial score (nSPS) is 13.8. The second kappa shape index (κ2) is 16.5. The van der Waals surface area contributed by atoms with Crippen molar-refractivity contribution in [1.29, 1.82) is 0 Å². The molecule has 0 saturated heterocycles. The topological polar surface area (TPSA) is 0 Å². The van der Waals surface area contributed by atoms with E-state index < -0.39 is 0 Å². The average molecular weight is 447 g/mol. The van der Waals surface area contributed by atoms with E-state index in [1.807, 2.05) is 0 Å². The van der Waals surface area contributed by atoms with Crippen LogP contribution >= 0.6 is 0 Å². The first-order chi connectivity index (χ1) is 15.7. The van der Waals surface area contributed by atoms with E-state index in [2.05, 4.69) is 104 Å². The van der Waals surface area contributed by atoms with Gasteiger partial charge in [0, 0.05) is 0 Å². The zero-order valence-corrected chi connectivity index (χ0v) is 23.0. The Kier molecular flexibility index (Phi) is 14.5. The summed E-state index contributed by atoms with van der Waals surface area (Å²) in [5.41, 5.74) is 11.9. The van der Waals surface area contributed by atoms with Gasteiger partial charge >= 0.3 is 0 Å². The summed E-state index contributed by atoms with van der Waals surface area (Å²) in [5.74, 6) is 0. The Labute approximate surface area is 206 Å². The first-order valence-corrected chi connectivity index (χ1v) is 13.0. The molecule has 1 aromatic carbocycles. The van der Waals surface area contributed by atoms with Crippen molar-refractivity contribution in [1.82, 2.24) is 0 Å². The second-order valence-electron chi connectivity index (χ2n) is 10.1. The van der Waals surface area contributed by atoms with Crippen LogP contribution in [-0.2, 0) is 6.42 Å². The molecule has 0 aromatic heterocycles. The van der Waals surface area contributed by atoms with Gasteiger partial charge in [0.1, 0.15) is 0 Å². The van der Waals surface area contributed by atoms with Crippen molar-refractivity contribution in [2.45, 2.75) is 113 Å². The van der Waals surface area contributed by atoms with Crippen molar-refractivity contribution in [3.05, 3.63) is 93.1 Å². The fourth-order valence-electron chi connectivity index (χ4n) is 3.97. The zero-order chi connectivity index (χ0) is 24.6. The molecule has 0 heterocycles. The van der Waals surface area contributed by atoms with Crippen LogP contribution in [0.2, 0.25) is 0 Å². The highest BCUT2D eigenvalue weighted by Gasteiger charge is 2.02. The van der Waals surface area contributed by atoms with Crippen molar-refractivity contribution in [3.63, 3.8) is 0 Å². The zero-order valence-electron chi connectivity index (χ0n) is 23.0. The predicted octanol–water partition coefficient (Wildman–Crippen LogP) is 10.8. The maximum atomic E-state index is 2.48. The minimum atomic E-state index is 1.07. The molecule has 0 heteroatoms. The summed E-state index contributed by atoms with van der Waals surface area (Å²) >= 11 is 0. The van der Waals surface area contributed by atoms with Crippen molar-refractivity contribution in [2.24, 2.45) is 0 Å². The molecule has 182 valence electrons. The largest absolute Gasteiger partial charge is 0.0856 e. The molecule has 0 aliphatic heterocycles. The van der Waals surface area contributed by atoms with E-state index in [0.29, 0.717) is 0 Å². The molecule has 33 heavy (non-hydrogen) atoms. The Morgan fingerprint density at radius 1 is 0.697 bits per heavy atom. The fourth-order valence-corrected chi connectivity index (χ4v) is 3.97. The van der Waals surface area contributed by atoms with Gasteiger partial charge in [0.05, 0.1) is 0 Å². The van der Waals surface area contributed by atoms with Crippen LogP contribution in [0.15, 0.2) is 82.0 Å². The van der Waals surface area contributed by atoms with E-state index >= 15 is 0 Å². The first kappa shape index (κ1) is 29.0. The quantitative estimate of drug-likeness (QED) is 0.249. The number of rotatable bonds is 14. The van der Waals surface area contributed by atoms with Crippen LogP contribution in [0.3, 0.4) is 0 Å². The van der Waals surface area contributed by atoms with Crippen molar-refractivity contribution in [3.8, 4) is 0 Å². The molecule has 0 nitrogen and oxygen atoms in total. The fraction of sp³-hybridized carbons (Fsp3) is 0.515. The molecule has 1 rings (SSSR count). The lowest BCUT2D eigenvalue weighted by Crippen LogP contribution is -1.93. The summed E-state index contributed by atoms with van der Waals surface area (Å²) in [6.07, 6.45) is 20.1. The van der Waals surface area contributed by atoms with E-state index in [-0.39, 0.29) is 0 Å². The van der Waals surface area contributed by atoms with Crippen molar-refractivity contribution >= 4 is 0 Å². The minimum Gasteiger partial charge on any atom is -0.0856 e. The van der Waals surface area contributed by atoms with Gasteiger partial charge in [-0.15, -0.1) is 0 Å². The third-order valence-electron chi connectivity index (χ3n) is 6.68. The third kappa shape index (κ3) is 13.3. The number of hydrogen-bond acceptors (Lipinski definition) is 0. The molecule has 0 amide bonds. The molecule has 0 radical (unpaired) electrons. The number of allylic oxidation sites excluding steroid dienone is 10. The molecule has 0 unspecified atom stereocenters. The summed E-state index contributed by atoms with van der Waals surface area (Å²) in [4.78, 5) is 0. The Balaban J connectivity index is 2.44. The van der Waals surface area contributed by atoms with Gasteiger partial charge in [0.15, 0.2) is 0 Å². The molecule has 0 spiro atoms. The maximum Gasteiger partial charge on any atom is -0.00646 e. The van der Waals surface area contributed by atoms with Gasteiger partial charge in [-0.2, -0.15) is 0 Å². The highest BCUT2D eigenvalue weighted by Crippen LogP contribution is 2.19. The number of aryl methyl sites for hydroxylation is 1. The Morgan fingerprint density at radius 3 is 1.94 bits per heavy atom. The monoisotopic (exact) mass is 446 g/mol. The van der Waals surface area contributed by atoms with E-state index in [9.17, 15) is 0 Å². The predicted molar refractivity (Wildman–Crippen MR) is 151 cm³/mol. The van der Waals surface area contributed by atoms with Crippen LogP contribution in [-0.4, -0.2) is 0 Å². The smallest absolute Gasteiger partial charge is 0.00646 e. The first-order valence-electron chi connectivity index (χ1n) is 13.0. The highest BCUT2D eigenvalue weighted by molar-refractivity contribution is 5.31. The van der Waals surface area contributed by atoms with E-state index in [1.54, 1.807) is 5.57 Å². The van der Waals surface area contributed by atoms with Gasteiger partial charge in [0.2, 0.25) is 0 Å². The second-order valence-corrected chi connectivity index (χ2v) is 10.1. The van der Waals surface area contributed by atoms with Crippen LogP contribution in [0.1, 0.15) is 111 Å².